The summed E-state index contributed by atoms with van der Waals surface area (Å²) in [5, 5.41) is 0. The second-order valence-electron chi connectivity index (χ2n) is 6.78. The average Bonchev–Trinajstić information content (AvgIpc) is 2.74. The standard InChI is InChI=1S/C22H27NO5/c1-14-17-13-22(28-5)21(27-4)12-16(17)10-18(23(14)8-9-24)15-6-7-19(25-2)20(11-15)26-3/h6-7,9,11-14,18H,8,10H2,1-5H3. The molecule has 0 fully saturated rings. The number of rotatable bonds is 7. The molecule has 0 N–H and O–H groups in total. The molecule has 150 valence electrons. The molecule has 0 bridgehead atoms. The summed E-state index contributed by atoms with van der Waals surface area (Å²) in [6.45, 7) is 2.45. The Hall–Kier alpha value is -2.73. The van der Waals surface area contributed by atoms with Crippen molar-refractivity contribution in [1.29, 1.82) is 0 Å². The fraction of sp³-hybridized carbons (Fsp3) is 0.409. The summed E-state index contributed by atoms with van der Waals surface area (Å²) in [4.78, 5) is 13.6. The van der Waals surface area contributed by atoms with Gasteiger partial charge in [0.05, 0.1) is 35.0 Å². The SMILES string of the molecule is COc1ccc(C2Cc3cc(OC)c(OC)cc3C(C)N2CC=O)cc1OC. The van der Waals surface area contributed by atoms with E-state index in [4.69, 9.17) is 18.9 Å². The first-order valence-electron chi connectivity index (χ1n) is 9.24. The number of hydrogen-bond donors (Lipinski definition) is 0. The van der Waals surface area contributed by atoms with Crippen LogP contribution in [0.2, 0.25) is 0 Å². The van der Waals surface area contributed by atoms with E-state index in [2.05, 4.69) is 11.8 Å². The molecule has 1 aliphatic heterocycles. The summed E-state index contributed by atoms with van der Waals surface area (Å²) in [6.07, 6.45) is 1.71. The first kappa shape index (κ1) is 20.0. The molecule has 2 unspecified atom stereocenters. The predicted molar refractivity (Wildman–Crippen MR) is 107 cm³/mol. The third kappa shape index (κ3) is 3.52. The summed E-state index contributed by atoms with van der Waals surface area (Å²) in [6, 6.07) is 10.1. The van der Waals surface area contributed by atoms with Crippen LogP contribution in [0.15, 0.2) is 30.3 Å². The van der Waals surface area contributed by atoms with Gasteiger partial charge in [-0.15, -0.1) is 0 Å². The molecule has 2 aromatic carbocycles. The molecule has 28 heavy (non-hydrogen) atoms. The number of carbonyl (C=O) groups is 1. The highest BCUT2D eigenvalue weighted by atomic mass is 16.5. The van der Waals surface area contributed by atoms with Gasteiger partial charge in [-0.1, -0.05) is 6.07 Å². The molecule has 0 spiro atoms. The van der Waals surface area contributed by atoms with Gasteiger partial charge in [0.1, 0.15) is 6.29 Å². The highest BCUT2D eigenvalue weighted by molar-refractivity contribution is 5.55. The lowest BCUT2D eigenvalue weighted by Crippen LogP contribution is -2.38. The molecule has 3 rings (SSSR count). The van der Waals surface area contributed by atoms with Crippen molar-refractivity contribution >= 4 is 6.29 Å². The van der Waals surface area contributed by atoms with Crippen molar-refractivity contribution in [2.24, 2.45) is 0 Å². The van der Waals surface area contributed by atoms with E-state index in [1.807, 2.05) is 30.3 Å². The Morgan fingerprint density at radius 2 is 1.54 bits per heavy atom. The van der Waals surface area contributed by atoms with Gasteiger partial charge in [-0.3, -0.25) is 4.90 Å². The maximum absolute atomic E-state index is 11.4. The Bertz CT molecular complexity index is 851. The maximum Gasteiger partial charge on any atom is 0.161 e. The Balaban J connectivity index is 2.08. The van der Waals surface area contributed by atoms with Crippen molar-refractivity contribution in [2.45, 2.75) is 25.4 Å². The van der Waals surface area contributed by atoms with Gasteiger partial charge in [0.2, 0.25) is 0 Å². The minimum atomic E-state index is 0.0330. The molecular weight excluding hydrogens is 358 g/mol. The summed E-state index contributed by atoms with van der Waals surface area (Å²) < 4.78 is 21.8. The Kier molecular flexibility index (Phi) is 6.09. The molecule has 1 heterocycles. The number of benzene rings is 2. The van der Waals surface area contributed by atoms with Crippen LogP contribution in [0.4, 0.5) is 0 Å². The quantitative estimate of drug-likeness (QED) is 0.679. The first-order valence-corrected chi connectivity index (χ1v) is 9.24. The van der Waals surface area contributed by atoms with E-state index in [1.165, 1.54) is 5.56 Å². The van der Waals surface area contributed by atoms with Crippen LogP contribution in [-0.4, -0.2) is 46.2 Å². The van der Waals surface area contributed by atoms with Gasteiger partial charge in [-0.2, -0.15) is 0 Å². The second kappa shape index (κ2) is 8.52. The molecule has 0 amide bonds. The van der Waals surface area contributed by atoms with E-state index < -0.39 is 0 Å². The molecule has 0 radical (unpaired) electrons. The molecule has 0 saturated heterocycles. The van der Waals surface area contributed by atoms with Crippen molar-refractivity contribution < 1.29 is 23.7 Å². The molecule has 0 aromatic heterocycles. The van der Waals surface area contributed by atoms with Gasteiger partial charge in [-0.25, -0.2) is 0 Å². The third-order valence-electron chi connectivity index (χ3n) is 5.48. The number of methoxy groups -OCH3 is 4. The van der Waals surface area contributed by atoms with Crippen molar-refractivity contribution in [1.82, 2.24) is 4.90 Å². The Labute approximate surface area is 166 Å². The lowest BCUT2D eigenvalue weighted by molar-refractivity contribution is -0.110. The Morgan fingerprint density at radius 3 is 2.14 bits per heavy atom. The monoisotopic (exact) mass is 385 g/mol. The zero-order chi connectivity index (χ0) is 20.3. The zero-order valence-electron chi connectivity index (χ0n) is 17.0. The highest BCUT2D eigenvalue weighted by Crippen LogP contribution is 2.44. The largest absolute Gasteiger partial charge is 0.493 e. The van der Waals surface area contributed by atoms with Gasteiger partial charge in [-0.05, 0) is 54.3 Å². The van der Waals surface area contributed by atoms with Crippen LogP contribution in [0.3, 0.4) is 0 Å². The van der Waals surface area contributed by atoms with E-state index in [-0.39, 0.29) is 12.1 Å². The fourth-order valence-electron chi connectivity index (χ4n) is 4.02. The molecule has 0 saturated carbocycles. The van der Waals surface area contributed by atoms with Crippen LogP contribution in [0.1, 0.15) is 35.7 Å². The second-order valence-corrected chi connectivity index (χ2v) is 6.78. The van der Waals surface area contributed by atoms with Crippen molar-refractivity contribution in [2.75, 3.05) is 35.0 Å². The van der Waals surface area contributed by atoms with Gasteiger partial charge >= 0.3 is 0 Å². The van der Waals surface area contributed by atoms with Crippen molar-refractivity contribution in [3.63, 3.8) is 0 Å². The summed E-state index contributed by atoms with van der Waals surface area (Å²) in [5.74, 6) is 2.77. The van der Waals surface area contributed by atoms with E-state index >= 15 is 0 Å². The Morgan fingerprint density at radius 1 is 0.929 bits per heavy atom. The first-order chi connectivity index (χ1) is 13.6. The number of ether oxygens (including phenoxy) is 4. The predicted octanol–water partition coefficient (Wildman–Crippen LogP) is 3.58. The minimum absolute atomic E-state index is 0.0330. The fourth-order valence-corrected chi connectivity index (χ4v) is 4.02. The van der Waals surface area contributed by atoms with Crippen molar-refractivity contribution in [3.8, 4) is 23.0 Å². The van der Waals surface area contributed by atoms with E-state index in [0.29, 0.717) is 29.5 Å². The van der Waals surface area contributed by atoms with Gasteiger partial charge in [0, 0.05) is 12.1 Å². The molecule has 6 nitrogen and oxygen atoms in total. The van der Waals surface area contributed by atoms with E-state index in [9.17, 15) is 4.79 Å². The molecule has 1 aliphatic rings. The average molecular weight is 385 g/mol. The van der Waals surface area contributed by atoms with Crippen LogP contribution in [0.5, 0.6) is 23.0 Å². The van der Waals surface area contributed by atoms with Crippen LogP contribution in [0.25, 0.3) is 0 Å². The zero-order valence-corrected chi connectivity index (χ0v) is 17.0. The molecule has 0 aliphatic carbocycles. The van der Waals surface area contributed by atoms with Gasteiger partial charge < -0.3 is 23.7 Å². The lowest BCUT2D eigenvalue weighted by Gasteiger charge is -2.41. The summed E-state index contributed by atoms with van der Waals surface area (Å²) >= 11 is 0. The molecule has 6 heteroatoms. The summed E-state index contributed by atoms with van der Waals surface area (Å²) in [7, 11) is 6.52. The highest BCUT2D eigenvalue weighted by Gasteiger charge is 2.34. The lowest BCUT2D eigenvalue weighted by atomic mass is 9.85. The maximum atomic E-state index is 11.4. The van der Waals surface area contributed by atoms with Crippen LogP contribution >= 0.6 is 0 Å². The van der Waals surface area contributed by atoms with Gasteiger partial charge in [0.15, 0.2) is 23.0 Å². The van der Waals surface area contributed by atoms with E-state index in [1.54, 1.807) is 28.4 Å². The third-order valence-corrected chi connectivity index (χ3v) is 5.48. The minimum Gasteiger partial charge on any atom is -0.493 e. The normalized spacial score (nSPS) is 18.9. The number of nitrogens with zero attached hydrogens (tertiary/aromatic N) is 1. The smallest absolute Gasteiger partial charge is 0.161 e. The van der Waals surface area contributed by atoms with Crippen LogP contribution < -0.4 is 18.9 Å². The number of fused-ring (bicyclic) bond motifs is 1. The van der Waals surface area contributed by atoms with Gasteiger partial charge in [0.25, 0.3) is 0 Å². The number of aldehydes is 1. The number of carbonyl (C=O) groups excluding carboxylic acids is 1. The van der Waals surface area contributed by atoms with E-state index in [0.717, 1.165) is 23.8 Å². The molecular formula is C22H27NO5. The summed E-state index contributed by atoms with van der Waals surface area (Å²) in [5.41, 5.74) is 3.41. The molecule has 2 atom stereocenters. The van der Waals surface area contributed by atoms with Crippen LogP contribution in [0, 0.1) is 0 Å². The van der Waals surface area contributed by atoms with Crippen molar-refractivity contribution in [3.05, 3.63) is 47.0 Å². The van der Waals surface area contributed by atoms with Crippen LogP contribution in [-0.2, 0) is 11.2 Å². The topological polar surface area (TPSA) is 57.2 Å². The number of hydrogen-bond acceptors (Lipinski definition) is 6. The molecule has 2 aromatic rings.